The monoisotopic (exact) mass is 409 g/mol. The summed E-state index contributed by atoms with van der Waals surface area (Å²) in [6, 6.07) is 13.4. The Balaban J connectivity index is 1.72. The van der Waals surface area contributed by atoms with Gasteiger partial charge in [0.1, 0.15) is 11.3 Å². The smallest absolute Gasteiger partial charge is 0.208 e. The third-order valence-corrected chi connectivity index (χ3v) is 5.88. The van der Waals surface area contributed by atoms with Crippen molar-refractivity contribution < 1.29 is 9.13 Å². The summed E-state index contributed by atoms with van der Waals surface area (Å²) in [4.78, 5) is 4.67. The largest absolute Gasteiger partial charge is 0.491 e. The zero-order chi connectivity index (χ0) is 21.5. The fourth-order valence-corrected chi connectivity index (χ4v) is 5.05. The first-order valence-electron chi connectivity index (χ1n) is 10.9. The minimum Gasteiger partial charge on any atom is -0.491 e. The van der Waals surface area contributed by atoms with Crippen molar-refractivity contribution in [2.45, 2.75) is 66.0 Å². The molecule has 1 aliphatic rings. The maximum absolute atomic E-state index is 14.6. The Morgan fingerprint density at radius 1 is 1.13 bits per heavy atom. The van der Waals surface area contributed by atoms with Crippen molar-refractivity contribution in [1.29, 1.82) is 0 Å². The van der Waals surface area contributed by atoms with Crippen LogP contribution >= 0.6 is 0 Å². The van der Waals surface area contributed by atoms with Crippen LogP contribution in [0.3, 0.4) is 0 Å². The lowest BCUT2D eigenvalue weighted by Crippen LogP contribution is -2.29. The lowest BCUT2D eigenvalue weighted by molar-refractivity contribution is 0.140. The number of anilines is 2. The second-order valence-electron chi connectivity index (χ2n) is 9.80. The van der Waals surface area contributed by atoms with Crippen LogP contribution in [0.5, 0.6) is 5.75 Å². The number of nitrogens with zero attached hydrogens (tertiary/aromatic N) is 2. The summed E-state index contributed by atoms with van der Waals surface area (Å²) in [5.74, 6) is 1.86. The molecule has 1 aliphatic carbocycles. The Kier molecular flexibility index (Phi) is 5.48. The van der Waals surface area contributed by atoms with Crippen LogP contribution in [0.1, 0.15) is 59.9 Å². The molecule has 1 heterocycles. The summed E-state index contributed by atoms with van der Waals surface area (Å²) in [5, 5.41) is 3.44. The van der Waals surface area contributed by atoms with E-state index >= 15 is 0 Å². The summed E-state index contributed by atoms with van der Waals surface area (Å²) in [6.07, 6.45) is 3.47. The molecule has 0 unspecified atom stereocenters. The number of nitrogens with one attached hydrogen (secondary N) is 1. The molecule has 0 spiro atoms. The van der Waals surface area contributed by atoms with E-state index in [2.05, 4.69) is 35.6 Å². The van der Waals surface area contributed by atoms with Crippen molar-refractivity contribution in [3.05, 3.63) is 48.3 Å². The lowest BCUT2D eigenvalue weighted by atomic mass is 9.70. The van der Waals surface area contributed by atoms with Crippen LogP contribution in [-0.2, 0) is 0 Å². The fraction of sp³-hybridized carbons (Fsp3) is 0.480. The first-order valence-corrected chi connectivity index (χ1v) is 10.9. The average molecular weight is 410 g/mol. The van der Waals surface area contributed by atoms with E-state index in [1.807, 2.05) is 44.2 Å². The second-order valence-corrected chi connectivity index (χ2v) is 9.80. The van der Waals surface area contributed by atoms with Gasteiger partial charge in [0, 0.05) is 11.7 Å². The summed E-state index contributed by atoms with van der Waals surface area (Å²) in [6.45, 7) is 11.0. The number of aromatic nitrogens is 2. The van der Waals surface area contributed by atoms with E-state index in [0.717, 1.165) is 29.8 Å². The van der Waals surface area contributed by atoms with Crippen LogP contribution in [0, 0.1) is 17.2 Å². The molecule has 1 N–H and O–H groups in total. The van der Waals surface area contributed by atoms with Gasteiger partial charge in [0.05, 0.1) is 11.6 Å². The highest BCUT2D eigenvalue weighted by Crippen LogP contribution is 2.46. The molecular weight excluding hydrogens is 377 g/mol. The lowest BCUT2D eigenvalue weighted by Gasteiger charge is -2.40. The second kappa shape index (κ2) is 7.93. The van der Waals surface area contributed by atoms with Crippen LogP contribution < -0.4 is 10.1 Å². The minimum absolute atomic E-state index is 0.132. The van der Waals surface area contributed by atoms with E-state index < -0.39 is 0 Å². The van der Waals surface area contributed by atoms with E-state index in [1.54, 1.807) is 6.07 Å². The molecule has 4 nitrogen and oxygen atoms in total. The van der Waals surface area contributed by atoms with Gasteiger partial charge in [0.25, 0.3) is 0 Å². The Morgan fingerprint density at radius 2 is 1.87 bits per heavy atom. The molecule has 160 valence electrons. The molecule has 30 heavy (non-hydrogen) atoms. The predicted molar refractivity (Wildman–Crippen MR) is 121 cm³/mol. The standard InChI is InChI=1S/C25H32FN3O/c1-16(2)30-20-11-9-18(10-12-20)27-24-28-23-21(26)7-6-8-22(23)29(24)19-13-17(3)14-25(4,5)15-19/h6-12,16-17,19H,13-15H2,1-5H3,(H,27,28)/t17-,19+/m1/s1. The van der Waals surface area contributed by atoms with Gasteiger partial charge in [-0.25, -0.2) is 9.37 Å². The van der Waals surface area contributed by atoms with Gasteiger partial charge in [-0.3, -0.25) is 0 Å². The molecule has 1 aromatic heterocycles. The molecule has 2 aromatic carbocycles. The van der Waals surface area contributed by atoms with Gasteiger partial charge in [-0.05, 0) is 80.8 Å². The van der Waals surface area contributed by atoms with E-state index in [9.17, 15) is 4.39 Å². The molecule has 0 amide bonds. The first kappa shape index (κ1) is 20.7. The maximum Gasteiger partial charge on any atom is 0.208 e. The maximum atomic E-state index is 14.6. The van der Waals surface area contributed by atoms with Crippen LogP contribution in [0.4, 0.5) is 16.0 Å². The topological polar surface area (TPSA) is 39.1 Å². The molecule has 0 saturated heterocycles. The Labute approximate surface area is 178 Å². The first-order chi connectivity index (χ1) is 14.2. The van der Waals surface area contributed by atoms with Gasteiger partial charge >= 0.3 is 0 Å². The molecule has 3 aromatic rings. The molecule has 1 fully saturated rings. The van der Waals surface area contributed by atoms with Gasteiger partial charge in [0.2, 0.25) is 5.95 Å². The van der Waals surface area contributed by atoms with Crippen LogP contribution in [0.2, 0.25) is 0 Å². The summed E-state index contributed by atoms with van der Waals surface area (Å²) in [7, 11) is 0. The number of para-hydroxylation sites is 1. The highest BCUT2D eigenvalue weighted by molar-refractivity contribution is 5.80. The van der Waals surface area contributed by atoms with E-state index in [4.69, 9.17) is 4.74 Å². The average Bonchev–Trinajstić information content (AvgIpc) is 3.00. The number of ether oxygens (including phenoxy) is 1. The number of hydrogen-bond donors (Lipinski definition) is 1. The van der Waals surface area contributed by atoms with Crippen molar-refractivity contribution >= 4 is 22.7 Å². The predicted octanol–water partition coefficient (Wildman–Crippen LogP) is 7.09. The fourth-order valence-electron chi connectivity index (χ4n) is 5.05. The highest BCUT2D eigenvalue weighted by Gasteiger charge is 2.34. The highest BCUT2D eigenvalue weighted by atomic mass is 19.1. The number of hydrogen-bond acceptors (Lipinski definition) is 3. The van der Waals surface area contributed by atoms with Gasteiger partial charge in [-0.15, -0.1) is 0 Å². The van der Waals surface area contributed by atoms with Crippen LogP contribution in [-0.4, -0.2) is 15.7 Å². The van der Waals surface area contributed by atoms with E-state index in [0.29, 0.717) is 17.4 Å². The number of benzene rings is 2. The van der Waals surface area contributed by atoms with Crippen molar-refractivity contribution in [2.24, 2.45) is 11.3 Å². The molecule has 0 aliphatic heterocycles. The summed E-state index contributed by atoms with van der Waals surface area (Å²) < 4.78 is 22.5. The quantitative estimate of drug-likeness (QED) is 0.489. The summed E-state index contributed by atoms with van der Waals surface area (Å²) >= 11 is 0. The zero-order valence-electron chi connectivity index (χ0n) is 18.6. The molecular formula is C25H32FN3O. The molecule has 0 bridgehead atoms. The van der Waals surface area contributed by atoms with Gasteiger partial charge < -0.3 is 14.6 Å². The van der Waals surface area contributed by atoms with E-state index in [-0.39, 0.29) is 23.4 Å². The van der Waals surface area contributed by atoms with Crippen molar-refractivity contribution in [2.75, 3.05) is 5.32 Å². The van der Waals surface area contributed by atoms with Crippen LogP contribution in [0.25, 0.3) is 11.0 Å². The Hall–Kier alpha value is -2.56. The Bertz CT molecular complexity index is 1020. The molecule has 1 saturated carbocycles. The number of imidazole rings is 1. The van der Waals surface area contributed by atoms with Gasteiger partial charge in [0.15, 0.2) is 5.82 Å². The molecule has 2 atom stereocenters. The zero-order valence-corrected chi connectivity index (χ0v) is 18.6. The summed E-state index contributed by atoms with van der Waals surface area (Å²) in [5.41, 5.74) is 2.44. The van der Waals surface area contributed by atoms with Crippen molar-refractivity contribution in [3.63, 3.8) is 0 Å². The molecule has 4 rings (SSSR count). The van der Waals surface area contributed by atoms with Crippen LogP contribution in [0.15, 0.2) is 42.5 Å². The van der Waals surface area contributed by atoms with Gasteiger partial charge in [-0.1, -0.05) is 26.8 Å². The Morgan fingerprint density at radius 3 is 2.53 bits per heavy atom. The van der Waals surface area contributed by atoms with Crippen molar-refractivity contribution in [1.82, 2.24) is 9.55 Å². The SMILES string of the molecule is CC(C)Oc1ccc(Nc2nc3c(F)cccc3n2[C@H]2C[C@@H](C)CC(C)(C)C2)cc1. The number of fused-ring (bicyclic) bond motifs is 1. The molecule has 5 heteroatoms. The van der Waals surface area contributed by atoms with Gasteiger partial charge in [-0.2, -0.15) is 0 Å². The van der Waals surface area contributed by atoms with Crippen molar-refractivity contribution in [3.8, 4) is 5.75 Å². The van der Waals surface area contributed by atoms with E-state index in [1.165, 1.54) is 12.5 Å². The third kappa shape index (κ3) is 4.30. The number of rotatable bonds is 5. The normalized spacial score (nSPS) is 21.2. The third-order valence-electron chi connectivity index (χ3n) is 5.88. The number of halogens is 1. The molecule has 0 radical (unpaired) electrons. The minimum atomic E-state index is -0.280.